The number of hydrogen-bond donors (Lipinski definition) is 1. The Hall–Kier alpha value is -0.970. The van der Waals surface area contributed by atoms with Crippen LogP contribution in [0.5, 0.6) is 0 Å². The minimum atomic E-state index is -0.153. The van der Waals surface area contributed by atoms with Gasteiger partial charge in [0, 0.05) is 43.9 Å². The van der Waals surface area contributed by atoms with Gasteiger partial charge in [0.05, 0.1) is 6.61 Å². The predicted octanol–water partition coefficient (Wildman–Crippen LogP) is 1.51. The van der Waals surface area contributed by atoms with E-state index in [1.807, 2.05) is 12.1 Å². The van der Waals surface area contributed by atoms with Crippen LogP contribution in [-0.2, 0) is 17.8 Å². The number of hydrogen-bond acceptors (Lipinski definition) is 3. The van der Waals surface area contributed by atoms with Crippen LogP contribution in [0.4, 0.5) is 4.39 Å². The van der Waals surface area contributed by atoms with Crippen molar-refractivity contribution in [3.05, 3.63) is 35.1 Å². The number of nitrogens with two attached hydrogens (primary N) is 1. The average molecular weight is 238 g/mol. The van der Waals surface area contributed by atoms with Gasteiger partial charge in [-0.3, -0.25) is 4.90 Å². The average Bonchev–Trinajstić information content (AvgIpc) is 2.60. The molecule has 1 saturated heterocycles. The zero-order valence-electron chi connectivity index (χ0n) is 9.99. The second-order valence-electron chi connectivity index (χ2n) is 4.34. The molecule has 3 nitrogen and oxygen atoms in total. The van der Waals surface area contributed by atoms with Crippen LogP contribution in [0.1, 0.15) is 17.5 Å². The van der Waals surface area contributed by atoms with Crippen LogP contribution in [0, 0.1) is 5.82 Å². The van der Waals surface area contributed by atoms with E-state index in [1.165, 1.54) is 0 Å². The Morgan fingerprint density at radius 1 is 1.24 bits per heavy atom. The third-order valence-electron chi connectivity index (χ3n) is 3.09. The molecular weight excluding hydrogens is 219 g/mol. The fraction of sp³-hybridized carbons (Fsp3) is 0.538. The van der Waals surface area contributed by atoms with Gasteiger partial charge in [-0.25, -0.2) is 4.39 Å². The molecule has 1 aromatic rings. The van der Waals surface area contributed by atoms with E-state index < -0.39 is 0 Å². The van der Waals surface area contributed by atoms with Crippen LogP contribution in [0.15, 0.2) is 18.2 Å². The van der Waals surface area contributed by atoms with Crippen LogP contribution < -0.4 is 5.73 Å². The van der Waals surface area contributed by atoms with Gasteiger partial charge in [0.25, 0.3) is 0 Å². The lowest BCUT2D eigenvalue weighted by molar-refractivity contribution is 0.140. The zero-order valence-corrected chi connectivity index (χ0v) is 9.99. The highest BCUT2D eigenvalue weighted by Gasteiger charge is 2.13. The highest BCUT2D eigenvalue weighted by Crippen LogP contribution is 2.15. The Kier molecular flexibility index (Phi) is 4.48. The van der Waals surface area contributed by atoms with E-state index in [0.717, 1.165) is 38.3 Å². The first-order valence-corrected chi connectivity index (χ1v) is 6.07. The highest BCUT2D eigenvalue weighted by molar-refractivity contribution is 5.25. The summed E-state index contributed by atoms with van der Waals surface area (Å²) in [6.45, 7) is 4.27. The molecule has 0 aromatic heterocycles. The van der Waals surface area contributed by atoms with Gasteiger partial charge in [-0.15, -0.1) is 0 Å². The summed E-state index contributed by atoms with van der Waals surface area (Å²) in [5.41, 5.74) is 6.83. The normalized spacial score (nSPS) is 18.0. The van der Waals surface area contributed by atoms with Crippen molar-refractivity contribution in [3.8, 4) is 0 Å². The Morgan fingerprint density at radius 3 is 2.88 bits per heavy atom. The second-order valence-corrected chi connectivity index (χ2v) is 4.34. The maximum Gasteiger partial charge on any atom is 0.132 e. The lowest BCUT2D eigenvalue weighted by Gasteiger charge is -2.19. The van der Waals surface area contributed by atoms with Gasteiger partial charge in [-0.2, -0.15) is 0 Å². The van der Waals surface area contributed by atoms with Gasteiger partial charge in [-0.05, 0) is 6.42 Å². The van der Waals surface area contributed by atoms with Crippen LogP contribution in [-0.4, -0.2) is 31.2 Å². The van der Waals surface area contributed by atoms with Gasteiger partial charge in [0.2, 0.25) is 0 Å². The molecule has 2 N–H and O–H groups in total. The number of halogens is 1. The Bertz CT molecular complexity index is 362. The van der Waals surface area contributed by atoms with Crippen LogP contribution >= 0.6 is 0 Å². The maximum absolute atomic E-state index is 14.0. The molecule has 0 bridgehead atoms. The SMILES string of the molecule is NCc1cccc(CN2CCCOCC2)c1F. The molecule has 0 saturated carbocycles. The van der Waals surface area contributed by atoms with Crippen molar-refractivity contribution in [1.82, 2.24) is 4.90 Å². The van der Waals surface area contributed by atoms with Crippen molar-refractivity contribution < 1.29 is 9.13 Å². The molecule has 1 aliphatic rings. The molecule has 1 aromatic carbocycles. The van der Waals surface area contributed by atoms with Crippen molar-refractivity contribution in [2.45, 2.75) is 19.5 Å². The van der Waals surface area contributed by atoms with Gasteiger partial charge in [-0.1, -0.05) is 18.2 Å². The van der Waals surface area contributed by atoms with Crippen molar-refractivity contribution in [1.29, 1.82) is 0 Å². The van der Waals surface area contributed by atoms with Crippen molar-refractivity contribution in [2.24, 2.45) is 5.73 Å². The molecule has 0 amide bonds. The molecule has 17 heavy (non-hydrogen) atoms. The third kappa shape index (κ3) is 3.25. The summed E-state index contributed by atoms with van der Waals surface area (Å²) in [6, 6.07) is 5.44. The van der Waals surface area contributed by atoms with Crippen LogP contribution in [0.25, 0.3) is 0 Å². The van der Waals surface area contributed by atoms with E-state index in [1.54, 1.807) is 6.07 Å². The van der Waals surface area contributed by atoms with Crippen LogP contribution in [0.2, 0.25) is 0 Å². The number of rotatable bonds is 3. The fourth-order valence-electron chi connectivity index (χ4n) is 2.11. The fourth-order valence-corrected chi connectivity index (χ4v) is 2.11. The summed E-state index contributed by atoms with van der Waals surface area (Å²) in [5.74, 6) is -0.153. The largest absolute Gasteiger partial charge is 0.380 e. The molecule has 1 heterocycles. The van der Waals surface area contributed by atoms with Crippen molar-refractivity contribution in [2.75, 3.05) is 26.3 Å². The van der Waals surface area contributed by atoms with E-state index >= 15 is 0 Å². The summed E-state index contributed by atoms with van der Waals surface area (Å²) < 4.78 is 19.4. The summed E-state index contributed by atoms with van der Waals surface area (Å²) in [6.07, 6.45) is 1.01. The minimum absolute atomic E-state index is 0.153. The number of nitrogens with zero attached hydrogens (tertiary/aromatic N) is 1. The monoisotopic (exact) mass is 238 g/mol. The predicted molar refractivity (Wildman–Crippen MR) is 65.0 cm³/mol. The van der Waals surface area contributed by atoms with Crippen molar-refractivity contribution in [3.63, 3.8) is 0 Å². The molecule has 1 aliphatic heterocycles. The minimum Gasteiger partial charge on any atom is -0.380 e. The van der Waals surface area contributed by atoms with E-state index in [4.69, 9.17) is 10.5 Å². The van der Waals surface area contributed by atoms with E-state index in [-0.39, 0.29) is 12.4 Å². The van der Waals surface area contributed by atoms with Gasteiger partial charge < -0.3 is 10.5 Å². The Labute approximate surface area is 101 Å². The Balaban J connectivity index is 2.06. The van der Waals surface area contributed by atoms with Gasteiger partial charge >= 0.3 is 0 Å². The maximum atomic E-state index is 14.0. The molecule has 4 heteroatoms. The molecule has 2 rings (SSSR count). The third-order valence-corrected chi connectivity index (χ3v) is 3.09. The number of ether oxygens (including phenoxy) is 1. The summed E-state index contributed by atoms with van der Waals surface area (Å²) >= 11 is 0. The molecule has 0 radical (unpaired) electrons. The molecule has 0 unspecified atom stereocenters. The van der Waals surface area contributed by atoms with E-state index in [2.05, 4.69) is 4.90 Å². The van der Waals surface area contributed by atoms with Crippen LogP contribution in [0.3, 0.4) is 0 Å². The quantitative estimate of drug-likeness (QED) is 0.867. The first-order chi connectivity index (χ1) is 8.31. The lowest BCUT2D eigenvalue weighted by Crippen LogP contribution is -2.26. The Morgan fingerprint density at radius 2 is 2.06 bits per heavy atom. The zero-order chi connectivity index (χ0) is 12.1. The van der Waals surface area contributed by atoms with Gasteiger partial charge in [0.15, 0.2) is 0 Å². The van der Waals surface area contributed by atoms with E-state index in [0.29, 0.717) is 12.1 Å². The first kappa shape index (κ1) is 12.5. The lowest BCUT2D eigenvalue weighted by atomic mass is 10.1. The summed E-state index contributed by atoms with van der Waals surface area (Å²) in [7, 11) is 0. The molecule has 1 fully saturated rings. The smallest absolute Gasteiger partial charge is 0.132 e. The van der Waals surface area contributed by atoms with Gasteiger partial charge in [0.1, 0.15) is 5.82 Å². The summed E-state index contributed by atoms with van der Waals surface area (Å²) in [4.78, 5) is 2.23. The standard InChI is InChI=1S/C13H19FN2O/c14-13-11(9-15)3-1-4-12(13)10-16-5-2-7-17-8-6-16/h1,3-4H,2,5-10,15H2. The molecular formula is C13H19FN2O. The highest BCUT2D eigenvalue weighted by atomic mass is 19.1. The topological polar surface area (TPSA) is 38.5 Å². The second kappa shape index (κ2) is 6.10. The molecule has 0 aliphatic carbocycles. The summed E-state index contributed by atoms with van der Waals surface area (Å²) in [5, 5.41) is 0. The molecule has 94 valence electrons. The first-order valence-electron chi connectivity index (χ1n) is 6.07. The van der Waals surface area contributed by atoms with Crippen molar-refractivity contribution >= 4 is 0 Å². The number of benzene rings is 1. The van der Waals surface area contributed by atoms with E-state index in [9.17, 15) is 4.39 Å². The molecule has 0 spiro atoms. The molecule has 0 atom stereocenters.